The van der Waals surface area contributed by atoms with Gasteiger partial charge in [0.1, 0.15) is 11.6 Å². The third kappa shape index (κ3) is 7.68. The largest absolute Gasteiger partial charge is 0.493 e. The number of carboxylic acid groups (broad SMARTS) is 1. The van der Waals surface area contributed by atoms with Crippen LogP contribution in [0, 0.1) is 12.7 Å². The zero-order valence-corrected chi connectivity index (χ0v) is 21.7. The number of fused-ring (bicyclic) bond motifs is 1. The van der Waals surface area contributed by atoms with E-state index in [-0.39, 0.29) is 24.7 Å². The Morgan fingerprint density at radius 2 is 1.89 bits per heavy atom. The van der Waals surface area contributed by atoms with E-state index in [0.717, 1.165) is 73.2 Å². The van der Waals surface area contributed by atoms with Crippen molar-refractivity contribution in [1.82, 2.24) is 10.2 Å². The number of halogens is 1. The Hall–Kier alpha value is -3.13. The highest BCUT2D eigenvalue weighted by Gasteiger charge is 2.21. The molecule has 2 N–H and O–H groups in total. The summed E-state index contributed by atoms with van der Waals surface area (Å²) >= 11 is 0. The first kappa shape index (κ1) is 26.9. The molecule has 200 valence electrons. The standard InChI is InChI=1S/C29H38FN3O4/c1-21-15-26(33-12-4-5-13-33)25(30)17-23(21)18-32-19-24-16-22(8-10-29(35)36)7-9-27(24)37-14-6-2-3-11-31-28(34)20-32/h7,9,15-17H,2-6,8,10-14,18-20H2,1H3,(H,31,34)(H,35,36). The molecule has 0 aromatic heterocycles. The monoisotopic (exact) mass is 511 g/mol. The molecule has 2 aliphatic heterocycles. The number of aliphatic carboxylic acids is 1. The van der Waals surface area contributed by atoms with Crippen molar-refractivity contribution in [1.29, 1.82) is 0 Å². The fourth-order valence-corrected chi connectivity index (χ4v) is 5.10. The number of carbonyl (C=O) groups is 2. The fraction of sp³-hybridized carbons (Fsp3) is 0.517. The highest BCUT2D eigenvalue weighted by Crippen LogP contribution is 2.29. The SMILES string of the molecule is Cc1cc(N2CCCC2)c(F)cc1CN1CC(=O)NCCCCCOc2ccc(CCC(=O)O)cc2C1. The van der Waals surface area contributed by atoms with Crippen molar-refractivity contribution >= 4 is 17.6 Å². The lowest BCUT2D eigenvalue weighted by Gasteiger charge is -2.26. The zero-order valence-electron chi connectivity index (χ0n) is 21.7. The Kier molecular flexibility index (Phi) is 9.39. The third-order valence-corrected chi connectivity index (χ3v) is 7.16. The minimum absolute atomic E-state index is 0.0492. The minimum Gasteiger partial charge on any atom is -0.493 e. The summed E-state index contributed by atoms with van der Waals surface area (Å²) in [4.78, 5) is 28.0. The van der Waals surface area contributed by atoms with Crippen LogP contribution >= 0.6 is 0 Å². The summed E-state index contributed by atoms with van der Waals surface area (Å²) in [6.07, 6.45) is 5.37. The van der Waals surface area contributed by atoms with Crippen molar-refractivity contribution in [2.24, 2.45) is 0 Å². The third-order valence-electron chi connectivity index (χ3n) is 7.16. The summed E-state index contributed by atoms with van der Waals surface area (Å²) in [5, 5.41) is 12.1. The second-order valence-electron chi connectivity index (χ2n) is 10.2. The molecule has 0 bridgehead atoms. The van der Waals surface area contributed by atoms with Crippen molar-refractivity contribution in [3.63, 3.8) is 0 Å². The van der Waals surface area contributed by atoms with Crippen LogP contribution in [0.4, 0.5) is 10.1 Å². The summed E-state index contributed by atoms with van der Waals surface area (Å²) in [7, 11) is 0. The van der Waals surface area contributed by atoms with Gasteiger partial charge in [-0.15, -0.1) is 0 Å². The highest BCUT2D eigenvalue weighted by molar-refractivity contribution is 5.78. The Labute approximate surface area is 218 Å². The highest BCUT2D eigenvalue weighted by atomic mass is 19.1. The zero-order chi connectivity index (χ0) is 26.2. The molecule has 2 heterocycles. The van der Waals surface area contributed by atoms with Crippen LogP contribution in [0.2, 0.25) is 0 Å². The van der Waals surface area contributed by atoms with E-state index in [1.165, 1.54) is 0 Å². The van der Waals surface area contributed by atoms with E-state index in [9.17, 15) is 9.59 Å². The summed E-state index contributed by atoms with van der Waals surface area (Å²) in [6.45, 7) is 5.97. The van der Waals surface area contributed by atoms with Crippen LogP contribution in [-0.4, -0.2) is 54.7 Å². The first-order valence-electron chi connectivity index (χ1n) is 13.4. The molecular formula is C29H38FN3O4. The smallest absolute Gasteiger partial charge is 0.303 e. The maximum Gasteiger partial charge on any atom is 0.303 e. The Morgan fingerprint density at radius 3 is 2.68 bits per heavy atom. The molecular weight excluding hydrogens is 473 g/mol. The molecule has 2 aliphatic rings. The number of hydrogen-bond donors (Lipinski definition) is 2. The van der Waals surface area contributed by atoms with Crippen LogP contribution in [0.3, 0.4) is 0 Å². The number of carbonyl (C=O) groups excluding carboxylic acids is 1. The van der Waals surface area contributed by atoms with Crippen LogP contribution in [0.5, 0.6) is 5.75 Å². The first-order chi connectivity index (χ1) is 17.9. The number of nitrogens with zero attached hydrogens (tertiary/aromatic N) is 2. The van der Waals surface area contributed by atoms with E-state index in [2.05, 4.69) is 10.2 Å². The molecule has 0 aliphatic carbocycles. The normalized spacial score (nSPS) is 17.7. The van der Waals surface area contributed by atoms with Crippen LogP contribution < -0.4 is 15.0 Å². The predicted molar refractivity (Wildman–Crippen MR) is 141 cm³/mol. The van der Waals surface area contributed by atoms with Gasteiger partial charge in [-0.05, 0) is 80.3 Å². The molecule has 0 saturated carbocycles. The molecule has 1 fully saturated rings. The summed E-state index contributed by atoms with van der Waals surface area (Å²) in [5.74, 6) is -0.377. The van der Waals surface area contributed by atoms with Gasteiger partial charge in [0.2, 0.25) is 5.91 Å². The van der Waals surface area contributed by atoms with Gasteiger partial charge >= 0.3 is 5.97 Å². The lowest BCUT2D eigenvalue weighted by molar-refractivity contribution is -0.137. The van der Waals surface area contributed by atoms with Crippen LogP contribution in [-0.2, 0) is 29.1 Å². The summed E-state index contributed by atoms with van der Waals surface area (Å²) < 4.78 is 21.3. The number of ether oxygens (including phenoxy) is 1. The number of aryl methyl sites for hydroxylation is 2. The molecule has 37 heavy (non-hydrogen) atoms. The maximum absolute atomic E-state index is 15.2. The van der Waals surface area contributed by atoms with E-state index in [0.29, 0.717) is 38.3 Å². The van der Waals surface area contributed by atoms with Crippen LogP contribution in [0.15, 0.2) is 30.3 Å². The van der Waals surface area contributed by atoms with E-state index in [1.807, 2.05) is 36.1 Å². The average molecular weight is 512 g/mol. The number of carboxylic acids is 1. The van der Waals surface area contributed by atoms with Crippen molar-refractivity contribution in [3.8, 4) is 5.75 Å². The molecule has 1 amide bonds. The van der Waals surface area contributed by atoms with Gasteiger partial charge in [-0.3, -0.25) is 14.5 Å². The predicted octanol–water partition coefficient (Wildman–Crippen LogP) is 4.43. The van der Waals surface area contributed by atoms with Gasteiger partial charge in [-0.2, -0.15) is 0 Å². The Bertz CT molecular complexity index is 1100. The number of amides is 1. The second kappa shape index (κ2) is 12.9. The summed E-state index contributed by atoms with van der Waals surface area (Å²) in [5.41, 5.74) is 4.32. The van der Waals surface area contributed by atoms with Gasteiger partial charge in [0.05, 0.1) is 18.8 Å². The van der Waals surface area contributed by atoms with Crippen LogP contribution in [0.25, 0.3) is 0 Å². The Morgan fingerprint density at radius 1 is 1.08 bits per heavy atom. The topological polar surface area (TPSA) is 82.1 Å². The van der Waals surface area contributed by atoms with E-state index in [4.69, 9.17) is 9.84 Å². The van der Waals surface area contributed by atoms with E-state index in [1.54, 1.807) is 6.07 Å². The lowest BCUT2D eigenvalue weighted by atomic mass is 10.0. The molecule has 2 aromatic rings. The first-order valence-corrected chi connectivity index (χ1v) is 13.4. The van der Waals surface area contributed by atoms with Crippen molar-refractivity contribution in [3.05, 3.63) is 58.4 Å². The number of anilines is 1. The average Bonchev–Trinajstić information content (AvgIpc) is 3.39. The van der Waals surface area contributed by atoms with Gasteiger partial charge in [-0.1, -0.05) is 12.1 Å². The Balaban J connectivity index is 1.61. The maximum atomic E-state index is 15.2. The number of benzene rings is 2. The second-order valence-corrected chi connectivity index (χ2v) is 10.2. The van der Waals surface area contributed by atoms with Gasteiger partial charge in [0.15, 0.2) is 0 Å². The van der Waals surface area contributed by atoms with E-state index < -0.39 is 5.97 Å². The van der Waals surface area contributed by atoms with Crippen molar-refractivity contribution in [2.75, 3.05) is 37.7 Å². The van der Waals surface area contributed by atoms with Gasteiger partial charge in [0.25, 0.3) is 0 Å². The summed E-state index contributed by atoms with van der Waals surface area (Å²) in [6, 6.07) is 9.33. The number of rotatable bonds is 6. The van der Waals surface area contributed by atoms with Gasteiger partial charge in [-0.25, -0.2) is 4.39 Å². The molecule has 0 unspecified atom stereocenters. The fourth-order valence-electron chi connectivity index (χ4n) is 5.10. The van der Waals surface area contributed by atoms with Crippen molar-refractivity contribution < 1.29 is 23.8 Å². The molecule has 7 nitrogen and oxygen atoms in total. The quantitative estimate of drug-likeness (QED) is 0.597. The molecule has 0 atom stereocenters. The lowest BCUT2D eigenvalue weighted by Crippen LogP contribution is -2.37. The van der Waals surface area contributed by atoms with Gasteiger partial charge < -0.3 is 20.1 Å². The minimum atomic E-state index is -0.839. The molecule has 4 rings (SSSR count). The molecule has 0 radical (unpaired) electrons. The number of hydrogen-bond acceptors (Lipinski definition) is 5. The van der Waals surface area contributed by atoms with Gasteiger partial charge in [0, 0.05) is 44.7 Å². The molecule has 8 heteroatoms. The van der Waals surface area contributed by atoms with Crippen molar-refractivity contribution in [2.45, 2.75) is 65.0 Å². The molecule has 0 spiro atoms. The molecule has 1 saturated heterocycles. The number of nitrogens with one attached hydrogen (secondary N) is 1. The van der Waals surface area contributed by atoms with Crippen LogP contribution in [0.1, 0.15) is 60.8 Å². The van der Waals surface area contributed by atoms with E-state index >= 15 is 4.39 Å². The molecule has 2 aromatic carbocycles.